The van der Waals surface area contributed by atoms with Crippen LogP contribution in [0.15, 0.2) is 58.8 Å². The van der Waals surface area contributed by atoms with Gasteiger partial charge in [0, 0.05) is 32.2 Å². The van der Waals surface area contributed by atoms with Crippen molar-refractivity contribution in [1.82, 2.24) is 15.8 Å². The van der Waals surface area contributed by atoms with Crippen molar-refractivity contribution in [3.63, 3.8) is 0 Å². The minimum absolute atomic E-state index is 0.385. The Morgan fingerprint density at radius 1 is 1.00 bits per heavy atom. The van der Waals surface area contributed by atoms with Gasteiger partial charge < -0.3 is 0 Å². The van der Waals surface area contributed by atoms with Crippen molar-refractivity contribution >= 4 is 46.5 Å². The lowest BCUT2D eigenvalue weighted by Crippen LogP contribution is -2.41. The van der Waals surface area contributed by atoms with Gasteiger partial charge in [-0.25, -0.2) is 4.98 Å². The molecule has 8 heteroatoms. The molecule has 2 N–H and O–H groups in total. The maximum absolute atomic E-state index is 12.2. The molecular weight excluding hydrogens is 402 g/mol. The number of carbonyl (C=O) groups is 2. The summed E-state index contributed by atoms with van der Waals surface area (Å²) >= 11 is 9.08. The molecule has 138 valence electrons. The van der Waals surface area contributed by atoms with E-state index in [1.54, 1.807) is 59.5 Å². The van der Waals surface area contributed by atoms with Gasteiger partial charge in [0.15, 0.2) is 0 Å². The van der Waals surface area contributed by atoms with Crippen molar-refractivity contribution in [2.45, 2.75) is 17.6 Å². The van der Waals surface area contributed by atoms with E-state index in [0.717, 1.165) is 21.3 Å². The monoisotopic (exact) mass is 417 g/mol. The van der Waals surface area contributed by atoms with Crippen molar-refractivity contribution < 1.29 is 9.59 Å². The van der Waals surface area contributed by atoms with E-state index in [0.29, 0.717) is 16.1 Å². The normalized spacial score (nSPS) is 10.4. The van der Waals surface area contributed by atoms with Gasteiger partial charge in [-0.1, -0.05) is 11.6 Å². The van der Waals surface area contributed by atoms with Crippen LogP contribution >= 0.6 is 34.7 Å². The minimum Gasteiger partial charge on any atom is -0.267 e. The second-order valence-electron chi connectivity index (χ2n) is 5.59. The van der Waals surface area contributed by atoms with Gasteiger partial charge in [0.1, 0.15) is 0 Å². The van der Waals surface area contributed by atoms with Crippen LogP contribution < -0.4 is 10.9 Å². The molecular formula is C19H16ClN3O2S2. The first-order chi connectivity index (χ1) is 13.0. The quantitative estimate of drug-likeness (QED) is 0.474. The minimum atomic E-state index is -0.411. The Balaban J connectivity index is 1.51. The fraction of sp³-hybridized carbons (Fsp3) is 0.105. The summed E-state index contributed by atoms with van der Waals surface area (Å²) in [5, 5.41) is 3.64. The highest BCUT2D eigenvalue weighted by atomic mass is 35.5. The highest BCUT2D eigenvalue weighted by Crippen LogP contribution is 2.23. The van der Waals surface area contributed by atoms with Gasteiger partial charge >= 0.3 is 0 Å². The Labute approximate surface area is 170 Å². The molecule has 5 nitrogen and oxygen atoms in total. The molecule has 3 rings (SSSR count). The number of aryl methyl sites for hydroxylation is 1. The van der Waals surface area contributed by atoms with Gasteiger partial charge in [0.25, 0.3) is 11.8 Å². The van der Waals surface area contributed by atoms with E-state index in [4.69, 9.17) is 11.6 Å². The number of nitrogens with zero attached hydrogens (tertiary/aromatic N) is 1. The Morgan fingerprint density at radius 2 is 1.56 bits per heavy atom. The van der Waals surface area contributed by atoms with Crippen LogP contribution in [-0.2, 0) is 5.75 Å². The lowest BCUT2D eigenvalue weighted by Gasteiger charge is -2.08. The fourth-order valence-electron chi connectivity index (χ4n) is 2.19. The Morgan fingerprint density at radius 3 is 2.07 bits per heavy atom. The molecule has 0 radical (unpaired) electrons. The van der Waals surface area contributed by atoms with Gasteiger partial charge in [-0.15, -0.1) is 23.1 Å². The summed E-state index contributed by atoms with van der Waals surface area (Å²) in [7, 11) is 0. The van der Waals surface area contributed by atoms with Crippen molar-refractivity contribution in [2.75, 3.05) is 0 Å². The fourth-order valence-corrected chi connectivity index (χ4v) is 3.83. The van der Waals surface area contributed by atoms with Gasteiger partial charge in [0.2, 0.25) is 0 Å². The second-order valence-corrected chi connectivity index (χ2v) is 8.13. The molecule has 27 heavy (non-hydrogen) atoms. The molecule has 1 aromatic heterocycles. The average molecular weight is 418 g/mol. The van der Waals surface area contributed by atoms with E-state index in [1.165, 1.54) is 0 Å². The number of rotatable bonds is 5. The van der Waals surface area contributed by atoms with E-state index < -0.39 is 5.91 Å². The lowest BCUT2D eigenvalue weighted by atomic mass is 10.2. The van der Waals surface area contributed by atoms with Crippen LogP contribution in [0.3, 0.4) is 0 Å². The number of nitrogens with one attached hydrogen (secondary N) is 2. The SMILES string of the molecule is Cc1nc(CSc2ccc(C(=O)NNC(=O)c3ccc(Cl)cc3)cc2)cs1. The Kier molecular flexibility index (Phi) is 6.49. The topological polar surface area (TPSA) is 71.1 Å². The molecule has 0 unspecified atom stereocenters. The largest absolute Gasteiger partial charge is 0.269 e. The highest BCUT2D eigenvalue weighted by molar-refractivity contribution is 7.98. The van der Waals surface area contributed by atoms with E-state index in [-0.39, 0.29) is 5.91 Å². The third-order valence-electron chi connectivity index (χ3n) is 3.57. The van der Waals surface area contributed by atoms with Crippen LogP contribution in [0.25, 0.3) is 0 Å². The van der Waals surface area contributed by atoms with Gasteiger partial charge in [-0.05, 0) is 55.5 Å². The standard InChI is InChI=1S/C19H16ClN3O2S2/c1-12-21-16(10-26-12)11-27-17-8-4-14(5-9-17)19(25)23-22-18(24)13-2-6-15(20)7-3-13/h2-10H,11H2,1H3,(H,22,24)(H,23,25). The molecule has 0 bridgehead atoms. The van der Waals surface area contributed by atoms with Crippen LogP contribution in [0.5, 0.6) is 0 Å². The molecule has 0 atom stereocenters. The predicted molar refractivity (Wildman–Crippen MR) is 109 cm³/mol. The van der Waals surface area contributed by atoms with Crippen molar-refractivity contribution in [3.05, 3.63) is 80.8 Å². The molecule has 2 amide bonds. The Bertz CT molecular complexity index is 940. The number of hydrazine groups is 1. The maximum atomic E-state index is 12.2. The summed E-state index contributed by atoms with van der Waals surface area (Å²) in [5.41, 5.74) is 6.71. The van der Waals surface area contributed by atoms with E-state index in [1.807, 2.05) is 24.4 Å². The maximum Gasteiger partial charge on any atom is 0.269 e. The van der Waals surface area contributed by atoms with Crippen LogP contribution in [0.4, 0.5) is 0 Å². The van der Waals surface area contributed by atoms with Gasteiger partial charge in [-0.2, -0.15) is 0 Å². The molecule has 1 heterocycles. The lowest BCUT2D eigenvalue weighted by molar-refractivity contribution is 0.0846. The summed E-state index contributed by atoms with van der Waals surface area (Å²) in [6.07, 6.45) is 0. The van der Waals surface area contributed by atoms with E-state index >= 15 is 0 Å². The van der Waals surface area contributed by atoms with Crippen molar-refractivity contribution in [3.8, 4) is 0 Å². The van der Waals surface area contributed by atoms with Crippen molar-refractivity contribution in [2.24, 2.45) is 0 Å². The van der Waals surface area contributed by atoms with E-state index in [2.05, 4.69) is 15.8 Å². The first-order valence-electron chi connectivity index (χ1n) is 8.01. The molecule has 0 spiro atoms. The molecule has 0 saturated heterocycles. The zero-order chi connectivity index (χ0) is 19.2. The summed E-state index contributed by atoms with van der Waals surface area (Å²) in [6, 6.07) is 13.6. The van der Waals surface area contributed by atoms with Gasteiger partial charge in [-0.3, -0.25) is 20.4 Å². The number of benzene rings is 2. The van der Waals surface area contributed by atoms with Crippen LogP contribution in [0.1, 0.15) is 31.4 Å². The van der Waals surface area contributed by atoms with Crippen LogP contribution in [0, 0.1) is 6.92 Å². The predicted octanol–water partition coefficient (Wildman–Crippen LogP) is 4.47. The smallest absolute Gasteiger partial charge is 0.267 e. The van der Waals surface area contributed by atoms with E-state index in [9.17, 15) is 9.59 Å². The molecule has 3 aromatic rings. The molecule has 2 aromatic carbocycles. The number of hydrogen-bond donors (Lipinski definition) is 2. The Hall–Kier alpha value is -2.35. The third kappa shape index (κ3) is 5.56. The number of aromatic nitrogens is 1. The molecule has 0 aliphatic heterocycles. The molecule has 0 aliphatic rings. The number of thioether (sulfide) groups is 1. The summed E-state index contributed by atoms with van der Waals surface area (Å²) in [4.78, 5) is 29.6. The number of thiazole rings is 1. The number of amides is 2. The first kappa shape index (κ1) is 19.4. The first-order valence-corrected chi connectivity index (χ1v) is 10.3. The number of halogens is 1. The van der Waals surface area contributed by atoms with Crippen molar-refractivity contribution in [1.29, 1.82) is 0 Å². The average Bonchev–Trinajstić information content (AvgIpc) is 3.10. The number of hydrogen-bond acceptors (Lipinski definition) is 5. The third-order valence-corrected chi connectivity index (χ3v) is 5.69. The summed E-state index contributed by atoms with van der Waals surface area (Å²) in [6.45, 7) is 1.98. The summed E-state index contributed by atoms with van der Waals surface area (Å²) in [5.74, 6) is -0.0118. The van der Waals surface area contributed by atoms with Crippen LogP contribution in [0.2, 0.25) is 5.02 Å². The highest BCUT2D eigenvalue weighted by Gasteiger charge is 2.09. The second kappa shape index (κ2) is 9.03. The van der Waals surface area contributed by atoms with Crippen LogP contribution in [-0.4, -0.2) is 16.8 Å². The zero-order valence-corrected chi connectivity index (χ0v) is 16.8. The zero-order valence-electron chi connectivity index (χ0n) is 14.4. The number of carbonyl (C=O) groups excluding carboxylic acids is 2. The van der Waals surface area contributed by atoms with Gasteiger partial charge in [0.05, 0.1) is 10.7 Å². The summed E-state index contributed by atoms with van der Waals surface area (Å²) < 4.78 is 0. The molecule has 0 saturated carbocycles. The molecule has 0 fully saturated rings. The molecule has 0 aliphatic carbocycles.